The van der Waals surface area contributed by atoms with Gasteiger partial charge in [0.05, 0.1) is 0 Å². The van der Waals surface area contributed by atoms with Crippen molar-refractivity contribution in [2.75, 3.05) is 20.1 Å². The second-order valence-electron chi connectivity index (χ2n) is 5.95. The van der Waals surface area contributed by atoms with Crippen LogP contribution in [0, 0.1) is 6.92 Å². The fourth-order valence-electron chi connectivity index (χ4n) is 2.61. The third-order valence-corrected chi connectivity index (χ3v) is 3.99. The van der Waals surface area contributed by atoms with Crippen LogP contribution in [0.5, 0.6) is 0 Å². The number of carbonyl (C=O) groups excluding carboxylic acids is 1. The number of rotatable bonds is 1. The van der Waals surface area contributed by atoms with Gasteiger partial charge in [-0.15, -0.1) is 13.2 Å². The molecule has 0 aromatic heterocycles. The summed E-state index contributed by atoms with van der Waals surface area (Å²) in [7, 11) is 2.21. The van der Waals surface area contributed by atoms with Crippen molar-refractivity contribution < 1.29 is 4.79 Å². The zero-order valence-electron chi connectivity index (χ0n) is 15.9. The molecule has 0 spiro atoms. The lowest BCUT2D eigenvalue weighted by molar-refractivity contribution is -0.0979. The zero-order chi connectivity index (χ0) is 18.9. The van der Waals surface area contributed by atoms with E-state index in [-0.39, 0.29) is 0 Å². The van der Waals surface area contributed by atoms with Crippen LogP contribution in [0.15, 0.2) is 67.8 Å². The molecule has 1 fully saturated rings. The van der Waals surface area contributed by atoms with Crippen molar-refractivity contribution in [1.29, 1.82) is 0 Å². The average molecular weight is 340 g/mol. The van der Waals surface area contributed by atoms with Gasteiger partial charge in [-0.1, -0.05) is 73.0 Å². The molecule has 0 amide bonds. The highest BCUT2D eigenvalue weighted by Gasteiger charge is 2.01. The molecular formula is C23H33NO. The first-order valence-corrected chi connectivity index (χ1v) is 8.85. The van der Waals surface area contributed by atoms with Crippen molar-refractivity contribution in [1.82, 2.24) is 4.90 Å². The SMILES string of the molecule is C=C.C=O.CN1CCCCCC1.Cc1ccc(-c2ccccc2)cc1. The van der Waals surface area contributed by atoms with Gasteiger partial charge in [0, 0.05) is 0 Å². The predicted molar refractivity (Wildman–Crippen MR) is 111 cm³/mol. The number of hydrogen-bond donors (Lipinski definition) is 0. The Bertz CT molecular complexity index is 526. The van der Waals surface area contributed by atoms with Gasteiger partial charge in [-0.2, -0.15) is 0 Å². The monoisotopic (exact) mass is 339 g/mol. The second kappa shape index (κ2) is 15.3. The minimum Gasteiger partial charge on any atom is -0.307 e. The maximum absolute atomic E-state index is 8.00. The van der Waals surface area contributed by atoms with Crippen LogP contribution in [0.4, 0.5) is 0 Å². The minimum atomic E-state index is 1.28. The zero-order valence-corrected chi connectivity index (χ0v) is 15.9. The molecule has 0 saturated carbocycles. The average Bonchev–Trinajstić information content (AvgIpc) is 2.94. The predicted octanol–water partition coefficient (Wildman–Crippen LogP) is 5.77. The maximum atomic E-state index is 8.00. The molecule has 1 heterocycles. The summed E-state index contributed by atoms with van der Waals surface area (Å²) < 4.78 is 0. The van der Waals surface area contributed by atoms with E-state index in [1.807, 2.05) is 12.9 Å². The van der Waals surface area contributed by atoms with Gasteiger partial charge in [0.15, 0.2) is 0 Å². The molecule has 1 aliphatic heterocycles. The van der Waals surface area contributed by atoms with Gasteiger partial charge >= 0.3 is 0 Å². The van der Waals surface area contributed by atoms with Crippen LogP contribution in [-0.2, 0) is 4.79 Å². The minimum absolute atomic E-state index is 1.28. The number of benzene rings is 2. The van der Waals surface area contributed by atoms with Crippen molar-refractivity contribution in [3.8, 4) is 11.1 Å². The third kappa shape index (κ3) is 10.3. The van der Waals surface area contributed by atoms with Gasteiger partial charge in [-0.25, -0.2) is 0 Å². The lowest BCUT2D eigenvalue weighted by Crippen LogP contribution is -2.18. The number of aryl methyl sites for hydroxylation is 1. The fourth-order valence-corrected chi connectivity index (χ4v) is 2.61. The molecule has 0 unspecified atom stereocenters. The van der Waals surface area contributed by atoms with Gasteiger partial charge in [0.2, 0.25) is 0 Å². The molecule has 2 aromatic carbocycles. The summed E-state index contributed by atoms with van der Waals surface area (Å²) >= 11 is 0. The van der Waals surface area contributed by atoms with E-state index in [0.717, 1.165) is 0 Å². The highest BCUT2D eigenvalue weighted by Crippen LogP contribution is 2.18. The van der Waals surface area contributed by atoms with Gasteiger partial charge in [0.25, 0.3) is 0 Å². The lowest BCUT2D eigenvalue weighted by atomic mass is 10.0. The fraction of sp³-hybridized carbons (Fsp3) is 0.348. The van der Waals surface area contributed by atoms with E-state index in [2.05, 4.69) is 80.6 Å². The normalized spacial score (nSPS) is 13.5. The molecule has 1 aliphatic rings. The molecule has 0 aliphatic carbocycles. The van der Waals surface area contributed by atoms with Crippen LogP contribution in [0.25, 0.3) is 11.1 Å². The van der Waals surface area contributed by atoms with Crippen LogP contribution in [-0.4, -0.2) is 31.8 Å². The Morgan fingerprint density at radius 2 is 1.16 bits per heavy atom. The molecule has 0 atom stereocenters. The molecule has 2 heteroatoms. The lowest BCUT2D eigenvalue weighted by Gasteiger charge is -2.10. The van der Waals surface area contributed by atoms with E-state index in [0.29, 0.717) is 0 Å². The number of carbonyl (C=O) groups is 1. The Labute approximate surface area is 154 Å². The van der Waals surface area contributed by atoms with Gasteiger partial charge in [0.1, 0.15) is 6.79 Å². The third-order valence-electron chi connectivity index (χ3n) is 3.99. The van der Waals surface area contributed by atoms with Crippen molar-refractivity contribution in [2.24, 2.45) is 0 Å². The first-order chi connectivity index (χ1) is 12.3. The van der Waals surface area contributed by atoms with Crippen molar-refractivity contribution in [3.05, 3.63) is 73.3 Å². The van der Waals surface area contributed by atoms with Crippen LogP contribution in [0.2, 0.25) is 0 Å². The first-order valence-electron chi connectivity index (χ1n) is 8.85. The van der Waals surface area contributed by atoms with E-state index >= 15 is 0 Å². The van der Waals surface area contributed by atoms with E-state index in [1.165, 1.54) is 55.5 Å². The van der Waals surface area contributed by atoms with E-state index in [9.17, 15) is 0 Å². The summed E-state index contributed by atoms with van der Waals surface area (Å²) in [5.41, 5.74) is 3.87. The van der Waals surface area contributed by atoms with Gasteiger partial charge < -0.3 is 9.69 Å². The first kappa shape index (κ1) is 22.8. The smallest absolute Gasteiger partial charge is 0.106 e. The Morgan fingerprint density at radius 1 is 0.720 bits per heavy atom. The molecule has 0 radical (unpaired) electrons. The summed E-state index contributed by atoms with van der Waals surface area (Å²) in [6.45, 7) is 12.7. The summed E-state index contributed by atoms with van der Waals surface area (Å²) in [5.74, 6) is 0. The van der Waals surface area contributed by atoms with Crippen molar-refractivity contribution in [2.45, 2.75) is 32.6 Å². The molecule has 2 nitrogen and oxygen atoms in total. The highest BCUT2D eigenvalue weighted by atomic mass is 16.1. The molecule has 25 heavy (non-hydrogen) atoms. The standard InChI is InChI=1S/C13H12.C7H15N.C2H4.CH2O/c1-11-7-9-13(10-8-11)12-5-3-2-4-6-12;1-8-6-4-2-3-5-7-8;2*1-2/h2-10H,1H3;2-7H2,1H3;1-2H2;1H2. The molecular weight excluding hydrogens is 306 g/mol. The Morgan fingerprint density at radius 3 is 1.64 bits per heavy atom. The topological polar surface area (TPSA) is 20.3 Å². The van der Waals surface area contributed by atoms with Crippen LogP contribution >= 0.6 is 0 Å². The summed E-state index contributed by atoms with van der Waals surface area (Å²) in [6, 6.07) is 19.0. The van der Waals surface area contributed by atoms with Crippen molar-refractivity contribution in [3.63, 3.8) is 0 Å². The Balaban J connectivity index is 0.000000414. The van der Waals surface area contributed by atoms with Gasteiger partial charge in [-0.05, 0) is 51.0 Å². The van der Waals surface area contributed by atoms with Gasteiger partial charge in [-0.3, -0.25) is 0 Å². The van der Waals surface area contributed by atoms with E-state index in [1.54, 1.807) is 0 Å². The largest absolute Gasteiger partial charge is 0.307 e. The summed E-state index contributed by atoms with van der Waals surface area (Å²) in [4.78, 5) is 10.4. The molecule has 0 N–H and O–H groups in total. The highest BCUT2D eigenvalue weighted by molar-refractivity contribution is 5.63. The number of likely N-dealkylation sites (tertiary alicyclic amines) is 1. The molecule has 136 valence electrons. The van der Waals surface area contributed by atoms with E-state index < -0.39 is 0 Å². The number of nitrogens with zero attached hydrogens (tertiary/aromatic N) is 1. The van der Waals surface area contributed by atoms with Crippen LogP contribution < -0.4 is 0 Å². The Kier molecular flexibility index (Phi) is 14.0. The summed E-state index contributed by atoms with van der Waals surface area (Å²) in [6.07, 6.45) is 5.72. The van der Waals surface area contributed by atoms with Crippen molar-refractivity contribution >= 4 is 6.79 Å². The quantitative estimate of drug-likeness (QED) is 0.615. The van der Waals surface area contributed by atoms with Crippen LogP contribution in [0.3, 0.4) is 0 Å². The molecule has 3 rings (SSSR count). The van der Waals surface area contributed by atoms with Crippen LogP contribution in [0.1, 0.15) is 31.2 Å². The molecule has 2 aromatic rings. The molecule has 0 bridgehead atoms. The molecule has 1 saturated heterocycles. The second-order valence-corrected chi connectivity index (χ2v) is 5.95. The summed E-state index contributed by atoms with van der Waals surface area (Å²) in [5, 5.41) is 0. The Hall–Kier alpha value is -2.19. The number of hydrogen-bond acceptors (Lipinski definition) is 2. The van der Waals surface area contributed by atoms with E-state index in [4.69, 9.17) is 4.79 Å². The maximum Gasteiger partial charge on any atom is 0.106 e.